The Morgan fingerprint density at radius 2 is 1.94 bits per heavy atom. The number of hydrogen-bond donors (Lipinski definition) is 2. The van der Waals surface area contributed by atoms with E-state index in [1.165, 1.54) is 5.57 Å². The lowest BCUT2D eigenvalue weighted by atomic mass is 9.87. The standard InChI is InChI=1S/C15H23NO2/c1-10-3-8-14(11(2)9-10)15(18)16-12-4-6-13(17)7-5-12/h3,8,11-13,17H,4-7,9H2,1-2H3,(H,16,18). The van der Waals surface area contributed by atoms with Crippen LogP contribution in [0.3, 0.4) is 0 Å². The quantitative estimate of drug-likeness (QED) is 0.789. The van der Waals surface area contributed by atoms with Crippen molar-refractivity contribution in [3.8, 4) is 0 Å². The summed E-state index contributed by atoms with van der Waals surface area (Å²) in [4.78, 5) is 12.2. The monoisotopic (exact) mass is 249 g/mol. The molecule has 2 aliphatic carbocycles. The SMILES string of the molecule is CC1=CC=C(C(=O)NC2CCC(O)CC2)C(C)C1. The van der Waals surface area contributed by atoms with Gasteiger partial charge in [0.2, 0.25) is 5.91 Å². The molecule has 0 saturated heterocycles. The minimum absolute atomic E-state index is 0.0765. The number of carbonyl (C=O) groups is 1. The van der Waals surface area contributed by atoms with Crippen molar-refractivity contribution in [1.82, 2.24) is 5.32 Å². The fourth-order valence-electron chi connectivity index (χ4n) is 2.85. The molecule has 3 heteroatoms. The predicted octanol–water partition coefficient (Wildman–Crippen LogP) is 2.32. The van der Waals surface area contributed by atoms with Gasteiger partial charge in [0, 0.05) is 11.6 Å². The molecule has 0 aliphatic heterocycles. The van der Waals surface area contributed by atoms with Gasteiger partial charge in [-0.05, 0) is 44.9 Å². The molecule has 100 valence electrons. The number of nitrogens with one attached hydrogen (secondary N) is 1. The number of allylic oxidation sites excluding steroid dienone is 3. The molecule has 3 nitrogen and oxygen atoms in total. The van der Waals surface area contributed by atoms with Gasteiger partial charge in [-0.25, -0.2) is 0 Å². The Hall–Kier alpha value is -1.09. The summed E-state index contributed by atoms with van der Waals surface area (Å²) in [5.74, 6) is 0.386. The normalized spacial score (nSPS) is 32.5. The van der Waals surface area contributed by atoms with Crippen molar-refractivity contribution in [3.05, 3.63) is 23.3 Å². The van der Waals surface area contributed by atoms with E-state index in [2.05, 4.69) is 19.2 Å². The van der Waals surface area contributed by atoms with Gasteiger partial charge in [-0.2, -0.15) is 0 Å². The van der Waals surface area contributed by atoms with Crippen molar-refractivity contribution < 1.29 is 9.90 Å². The van der Waals surface area contributed by atoms with Crippen molar-refractivity contribution in [3.63, 3.8) is 0 Å². The summed E-state index contributed by atoms with van der Waals surface area (Å²) in [5.41, 5.74) is 2.23. The number of rotatable bonds is 2. The Labute approximate surface area is 109 Å². The average Bonchev–Trinajstić information content (AvgIpc) is 2.32. The highest BCUT2D eigenvalue weighted by Crippen LogP contribution is 2.25. The van der Waals surface area contributed by atoms with Crippen molar-refractivity contribution in [1.29, 1.82) is 0 Å². The number of carbonyl (C=O) groups excluding carboxylic acids is 1. The number of amides is 1. The molecule has 0 spiro atoms. The molecule has 2 N–H and O–H groups in total. The first-order valence-electron chi connectivity index (χ1n) is 6.92. The molecule has 2 aliphatic rings. The highest BCUT2D eigenvalue weighted by molar-refractivity contribution is 5.94. The molecule has 0 aromatic carbocycles. The minimum Gasteiger partial charge on any atom is -0.393 e. The molecule has 1 atom stereocenters. The molecule has 18 heavy (non-hydrogen) atoms. The van der Waals surface area contributed by atoms with Crippen LogP contribution in [-0.4, -0.2) is 23.2 Å². The third kappa shape index (κ3) is 3.22. The summed E-state index contributed by atoms with van der Waals surface area (Å²) in [7, 11) is 0. The lowest BCUT2D eigenvalue weighted by Crippen LogP contribution is -2.40. The zero-order valence-electron chi connectivity index (χ0n) is 11.3. The molecular weight excluding hydrogens is 226 g/mol. The summed E-state index contributed by atoms with van der Waals surface area (Å²) in [5, 5.41) is 12.6. The van der Waals surface area contributed by atoms with E-state index < -0.39 is 0 Å². The predicted molar refractivity (Wildman–Crippen MR) is 72.0 cm³/mol. The van der Waals surface area contributed by atoms with Crippen LogP contribution in [0.4, 0.5) is 0 Å². The van der Waals surface area contributed by atoms with Crippen LogP contribution in [0.25, 0.3) is 0 Å². The fraction of sp³-hybridized carbons (Fsp3) is 0.667. The van der Waals surface area contributed by atoms with Gasteiger partial charge in [-0.3, -0.25) is 4.79 Å². The Morgan fingerprint density at radius 3 is 2.56 bits per heavy atom. The molecule has 1 unspecified atom stereocenters. The van der Waals surface area contributed by atoms with Crippen LogP contribution in [0.2, 0.25) is 0 Å². The van der Waals surface area contributed by atoms with E-state index in [-0.39, 0.29) is 18.1 Å². The van der Waals surface area contributed by atoms with Gasteiger partial charge in [0.25, 0.3) is 0 Å². The van der Waals surface area contributed by atoms with Crippen molar-refractivity contribution in [2.75, 3.05) is 0 Å². The molecule has 2 rings (SSSR count). The molecular formula is C15H23NO2. The van der Waals surface area contributed by atoms with E-state index in [0.29, 0.717) is 5.92 Å². The Balaban J connectivity index is 1.92. The van der Waals surface area contributed by atoms with Gasteiger partial charge in [-0.1, -0.05) is 24.6 Å². The number of aliphatic hydroxyl groups is 1. The second-order valence-electron chi connectivity index (χ2n) is 5.72. The maximum absolute atomic E-state index is 12.2. The Morgan fingerprint density at radius 1 is 1.28 bits per heavy atom. The third-order valence-electron chi connectivity index (χ3n) is 4.00. The van der Waals surface area contributed by atoms with E-state index in [1.807, 2.05) is 12.2 Å². The van der Waals surface area contributed by atoms with E-state index in [9.17, 15) is 9.90 Å². The van der Waals surface area contributed by atoms with Gasteiger partial charge in [0.15, 0.2) is 0 Å². The smallest absolute Gasteiger partial charge is 0.247 e. The summed E-state index contributed by atoms with van der Waals surface area (Å²) in [6, 6.07) is 0.237. The molecule has 1 amide bonds. The molecule has 0 heterocycles. The summed E-state index contributed by atoms with van der Waals surface area (Å²) in [6.07, 6.45) is 8.19. The first kappa shape index (κ1) is 13.3. The van der Waals surface area contributed by atoms with E-state index >= 15 is 0 Å². The van der Waals surface area contributed by atoms with Crippen LogP contribution in [0.5, 0.6) is 0 Å². The number of aliphatic hydroxyl groups excluding tert-OH is 1. The number of hydrogen-bond acceptors (Lipinski definition) is 2. The molecule has 0 radical (unpaired) electrons. The summed E-state index contributed by atoms with van der Waals surface area (Å²) >= 11 is 0. The highest BCUT2D eigenvalue weighted by atomic mass is 16.3. The van der Waals surface area contributed by atoms with Crippen LogP contribution >= 0.6 is 0 Å². The van der Waals surface area contributed by atoms with Crippen LogP contribution in [0.15, 0.2) is 23.3 Å². The lowest BCUT2D eigenvalue weighted by molar-refractivity contribution is -0.119. The second kappa shape index (κ2) is 5.70. The Kier molecular flexibility index (Phi) is 4.23. The van der Waals surface area contributed by atoms with Gasteiger partial charge in [-0.15, -0.1) is 0 Å². The van der Waals surface area contributed by atoms with Crippen molar-refractivity contribution in [2.45, 2.75) is 58.1 Å². The highest BCUT2D eigenvalue weighted by Gasteiger charge is 2.24. The summed E-state index contributed by atoms with van der Waals surface area (Å²) < 4.78 is 0. The first-order valence-corrected chi connectivity index (χ1v) is 6.92. The molecule has 0 aromatic rings. The lowest BCUT2D eigenvalue weighted by Gasteiger charge is -2.28. The summed E-state index contributed by atoms with van der Waals surface area (Å²) in [6.45, 7) is 4.21. The van der Waals surface area contributed by atoms with Crippen LogP contribution < -0.4 is 5.32 Å². The maximum Gasteiger partial charge on any atom is 0.247 e. The molecule has 1 saturated carbocycles. The van der Waals surface area contributed by atoms with Crippen molar-refractivity contribution in [2.24, 2.45) is 5.92 Å². The molecule has 0 bridgehead atoms. The molecule has 0 aromatic heterocycles. The third-order valence-corrected chi connectivity index (χ3v) is 4.00. The van der Waals surface area contributed by atoms with E-state index in [0.717, 1.165) is 37.7 Å². The fourth-order valence-corrected chi connectivity index (χ4v) is 2.85. The van der Waals surface area contributed by atoms with E-state index in [4.69, 9.17) is 0 Å². The van der Waals surface area contributed by atoms with Crippen LogP contribution in [-0.2, 0) is 4.79 Å². The molecule has 1 fully saturated rings. The first-order chi connectivity index (χ1) is 8.56. The van der Waals surface area contributed by atoms with Gasteiger partial charge >= 0.3 is 0 Å². The zero-order chi connectivity index (χ0) is 13.1. The van der Waals surface area contributed by atoms with Gasteiger partial charge < -0.3 is 10.4 Å². The van der Waals surface area contributed by atoms with Crippen LogP contribution in [0.1, 0.15) is 46.0 Å². The van der Waals surface area contributed by atoms with Gasteiger partial charge in [0.05, 0.1) is 6.10 Å². The maximum atomic E-state index is 12.2. The second-order valence-corrected chi connectivity index (χ2v) is 5.72. The van der Waals surface area contributed by atoms with Crippen molar-refractivity contribution >= 4 is 5.91 Å². The topological polar surface area (TPSA) is 49.3 Å². The Bertz CT molecular complexity index is 376. The van der Waals surface area contributed by atoms with Crippen LogP contribution in [0, 0.1) is 5.92 Å². The minimum atomic E-state index is -0.170. The average molecular weight is 249 g/mol. The van der Waals surface area contributed by atoms with E-state index in [1.54, 1.807) is 0 Å². The largest absolute Gasteiger partial charge is 0.393 e. The van der Waals surface area contributed by atoms with Gasteiger partial charge in [0.1, 0.15) is 0 Å². The zero-order valence-corrected chi connectivity index (χ0v) is 11.3.